The Morgan fingerprint density at radius 1 is 0.935 bits per heavy atom. The monoisotopic (exact) mass is 443 g/mol. The lowest BCUT2D eigenvalue weighted by atomic mass is 9.96. The third-order valence-electron chi connectivity index (χ3n) is 6.36. The topological polar surface area (TPSA) is 79.3 Å². The first-order chi connectivity index (χ1) is 15.1. The summed E-state index contributed by atoms with van der Waals surface area (Å²) in [4.78, 5) is 27.4. The lowest BCUT2D eigenvalue weighted by Gasteiger charge is -2.34. The molecule has 1 aromatic carbocycles. The largest absolute Gasteiger partial charge is 0.342 e. The van der Waals surface area contributed by atoms with E-state index in [2.05, 4.69) is 15.7 Å². The highest BCUT2D eigenvalue weighted by Crippen LogP contribution is 2.29. The Morgan fingerprint density at radius 3 is 2.35 bits per heavy atom. The third kappa shape index (κ3) is 5.39. The predicted octanol–water partition coefficient (Wildman–Crippen LogP) is 5.31. The van der Waals surface area contributed by atoms with Crippen LogP contribution >= 0.6 is 11.6 Å². The fourth-order valence-electron chi connectivity index (χ4n) is 4.65. The number of urea groups is 1. The minimum atomic E-state index is -0.365. The van der Waals surface area contributed by atoms with Crippen LogP contribution in [0.4, 0.5) is 16.3 Å². The fourth-order valence-corrected chi connectivity index (χ4v) is 4.84. The average Bonchev–Trinajstić information content (AvgIpc) is 3.06. The quantitative estimate of drug-likeness (QED) is 0.628. The molecule has 1 aromatic heterocycles. The normalized spacial score (nSPS) is 18.4. The number of amides is 3. The van der Waals surface area contributed by atoms with E-state index < -0.39 is 0 Å². The zero-order valence-corrected chi connectivity index (χ0v) is 18.5. The number of nitrogens with zero attached hydrogens (tertiary/aromatic N) is 3. The van der Waals surface area contributed by atoms with Gasteiger partial charge in [-0.3, -0.25) is 10.1 Å². The standard InChI is InChI=1S/C23H30ClN5O2/c24-19-9-5-6-10-20(19)26-23(31)27-21-11-14-25-29(21)18-12-15-28(16-13-18)22(30)17-7-3-1-2-4-8-17/h5-6,9-11,14,17-18H,1-4,7-8,12-13,15-16H2,(H2,26,27,31). The molecular weight excluding hydrogens is 414 g/mol. The van der Waals surface area contributed by atoms with Gasteiger partial charge in [0.1, 0.15) is 5.82 Å². The Morgan fingerprint density at radius 2 is 1.65 bits per heavy atom. The number of anilines is 2. The van der Waals surface area contributed by atoms with Gasteiger partial charge in [0.05, 0.1) is 22.9 Å². The van der Waals surface area contributed by atoms with E-state index in [9.17, 15) is 9.59 Å². The predicted molar refractivity (Wildman–Crippen MR) is 122 cm³/mol. The molecule has 1 aliphatic heterocycles. The molecule has 8 heteroatoms. The highest BCUT2D eigenvalue weighted by atomic mass is 35.5. The van der Waals surface area contributed by atoms with Gasteiger partial charge in [-0.2, -0.15) is 5.10 Å². The van der Waals surface area contributed by atoms with Crippen LogP contribution < -0.4 is 10.6 Å². The summed E-state index contributed by atoms with van der Waals surface area (Å²) in [6.07, 6.45) is 10.3. The Kier molecular flexibility index (Phi) is 7.12. The number of carbonyl (C=O) groups excluding carboxylic acids is 2. The minimum absolute atomic E-state index is 0.156. The van der Waals surface area contributed by atoms with E-state index in [4.69, 9.17) is 11.6 Å². The Balaban J connectivity index is 1.32. The van der Waals surface area contributed by atoms with E-state index in [1.807, 2.05) is 21.7 Å². The molecule has 2 fully saturated rings. The summed E-state index contributed by atoms with van der Waals surface area (Å²) in [6, 6.07) is 8.68. The molecule has 3 amide bonds. The van der Waals surface area contributed by atoms with E-state index in [0.29, 0.717) is 22.4 Å². The number of para-hydroxylation sites is 1. The zero-order valence-electron chi connectivity index (χ0n) is 17.7. The van der Waals surface area contributed by atoms with Crippen LogP contribution in [-0.4, -0.2) is 39.7 Å². The first-order valence-corrected chi connectivity index (χ1v) is 11.6. The molecule has 1 saturated heterocycles. The van der Waals surface area contributed by atoms with Crippen LogP contribution in [0.25, 0.3) is 0 Å². The van der Waals surface area contributed by atoms with Crippen molar-refractivity contribution in [1.29, 1.82) is 0 Å². The number of hydrogen-bond donors (Lipinski definition) is 2. The van der Waals surface area contributed by atoms with E-state index in [1.54, 1.807) is 24.4 Å². The minimum Gasteiger partial charge on any atom is -0.342 e. The van der Waals surface area contributed by atoms with Gasteiger partial charge in [-0.05, 0) is 37.8 Å². The van der Waals surface area contributed by atoms with Gasteiger partial charge in [0.2, 0.25) is 5.91 Å². The number of nitrogens with one attached hydrogen (secondary N) is 2. The SMILES string of the molecule is O=C(Nc1ccccc1Cl)Nc1ccnn1C1CCN(C(=O)C2CCCCCC2)CC1. The van der Waals surface area contributed by atoms with E-state index in [0.717, 1.165) is 38.8 Å². The van der Waals surface area contributed by atoms with Crippen molar-refractivity contribution in [2.24, 2.45) is 5.92 Å². The molecule has 0 atom stereocenters. The van der Waals surface area contributed by atoms with Crippen molar-refractivity contribution in [2.45, 2.75) is 57.4 Å². The Bertz CT molecular complexity index is 899. The molecule has 2 heterocycles. The second-order valence-electron chi connectivity index (χ2n) is 8.46. The van der Waals surface area contributed by atoms with Crippen LogP contribution in [-0.2, 0) is 4.79 Å². The first-order valence-electron chi connectivity index (χ1n) is 11.3. The average molecular weight is 444 g/mol. The number of aromatic nitrogens is 2. The third-order valence-corrected chi connectivity index (χ3v) is 6.69. The second-order valence-corrected chi connectivity index (χ2v) is 8.87. The molecular formula is C23H30ClN5O2. The number of carbonyl (C=O) groups is 2. The zero-order chi connectivity index (χ0) is 21.6. The number of piperidine rings is 1. The van der Waals surface area contributed by atoms with Gasteiger partial charge in [0.15, 0.2) is 0 Å². The van der Waals surface area contributed by atoms with E-state index in [1.165, 1.54) is 25.7 Å². The van der Waals surface area contributed by atoms with E-state index >= 15 is 0 Å². The number of rotatable bonds is 4. The van der Waals surface area contributed by atoms with Gasteiger partial charge in [-0.25, -0.2) is 9.48 Å². The van der Waals surface area contributed by atoms with Crippen molar-refractivity contribution in [2.75, 3.05) is 23.7 Å². The van der Waals surface area contributed by atoms with Crippen LogP contribution in [0.15, 0.2) is 36.5 Å². The van der Waals surface area contributed by atoms with Gasteiger partial charge in [0.25, 0.3) is 0 Å². The molecule has 2 aromatic rings. The molecule has 0 unspecified atom stereocenters. The van der Waals surface area contributed by atoms with Crippen molar-refractivity contribution in [3.63, 3.8) is 0 Å². The van der Waals surface area contributed by atoms with Crippen molar-refractivity contribution in [1.82, 2.24) is 14.7 Å². The van der Waals surface area contributed by atoms with Gasteiger partial charge in [-0.15, -0.1) is 0 Å². The summed E-state index contributed by atoms with van der Waals surface area (Å²) in [7, 11) is 0. The van der Waals surface area contributed by atoms with Crippen molar-refractivity contribution in [3.8, 4) is 0 Å². The van der Waals surface area contributed by atoms with Gasteiger partial charge in [0, 0.05) is 25.1 Å². The summed E-state index contributed by atoms with van der Waals surface area (Å²) in [5.41, 5.74) is 0.554. The maximum absolute atomic E-state index is 12.9. The molecule has 4 rings (SSSR count). The lowest BCUT2D eigenvalue weighted by Crippen LogP contribution is -2.42. The Hall–Kier alpha value is -2.54. The van der Waals surface area contributed by atoms with Gasteiger partial charge in [-0.1, -0.05) is 49.4 Å². The molecule has 7 nitrogen and oxygen atoms in total. The summed E-state index contributed by atoms with van der Waals surface area (Å²) >= 11 is 6.12. The smallest absolute Gasteiger partial charge is 0.324 e. The summed E-state index contributed by atoms with van der Waals surface area (Å²) in [6.45, 7) is 1.48. The molecule has 1 saturated carbocycles. The molecule has 31 heavy (non-hydrogen) atoms. The van der Waals surface area contributed by atoms with E-state index in [-0.39, 0.29) is 18.0 Å². The molecule has 2 N–H and O–H groups in total. The van der Waals surface area contributed by atoms with Crippen LogP contribution in [0, 0.1) is 5.92 Å². The van der Waals surface area contributed by atoms with Crippen LogP contribution in [0.2, 0.25) is 5.02 Å². The van der Waals surface area contributed by atoms with Gasteiger partial charge >= 0.3 is 6.03 Å². The number of hydrogen-bond acceptors (Lipinski definition) is 3. The highest BCUT2D eigenvalue weighted by Gasteiger charge is 2.30. The fraction of sp³-hybridized carbons (Fsp3) is 0.522. The summed E-state index contributed by atoms with van der Waals surface area (Å²) in [5, 5.41) is 10.6. The van der Waals surface area contributed by atoms with Crippen LogP contribution in [0.5, 0.6) is 0 Å². The maximum Gasteiger partial charge on any atom is 0.324 e. The highest BCUT2D eigenvalue weighted by molar-refractivity contribution is 6.33. The molecule has 1 aliphatic carbocycles. The summed E-state index contributed by atoms with van der Waals surface area (Å²) < 4.78 is 1.86. The lowest BCUT2D eigenvalue weighted by molar-refractivity contribution is -0.137. The Labute approximate surface area is 188 Å². The molecule has 0 bridgehead atoms. The van der Waals surface area contributed by atoms with Crippen molar-refractivity contribution in [3.05, 3.63) is 41.6 Å². The number of likely N-dealkylation sites (tertiary alicyclic amines) is 1. The molecule has 0 spiro atoms. The second kappa shape index (κ2) is 10.2. The van der Waals surface area contributed by atoms with Crippen LogP contribution in [0.1, 0.15) is 57.4 Å². The first kappa shape index (κ1) is 21.7. The number of halogens is 1. The molecule has 0 radical (unpaired) electrons. The van der Waals surface area contributed by atoms with Crippen molar-refractivity contribution >= 4 is 35.0 Å². The van der Waals surface area contributed by atoms with Crippen molar-refractivity contribution < 1.29 is 9.59 Å². The molecule has 2 aliphatic rings. The van der Waals surface area contributed by atoms with Crippen LogP contribution in [0.3, 0.4) is 0 Å². The summed E-state index contributed by atoms with van der Waals surface area (Å²) in [5.74, 6) is 1.17. The molecule has 166 valence electrons. The maximum atomic E-state index is 12.9. The van der Waals surface area contributed by atoms with Gasteiger partial charge < -0.3 is 10.2 Å². The number of benzene rings is 1.